The Bertz CT molecular complexity index is 510. The van der Waals surface area contributed by atoms with Gasteiger partial charge in [-0.15, -0.1) is 0 Å². The summed E-state index contributed by atoms with van der Waals surface area (Å²) in [6.07, 6.45) is 1.03. The summed E-state index contributed by atoms with van der Waals surface area (Å²) in [7, 11) is 0. The zero-order chi connectivity index (χ0) is 13.7. The molecule has 0 heterocycles. The molecular weight excluding hydrogens is 273 g/mol. The third kappa shape index (κ3) is 3.76. The number of carbonyl (C=O) groups excluding carboxylic acids is 1. The summed E-state index contributed by atoms with van der Waals surface area (Å²) in [4.78, 5) is 11.6. The molecule has 0 bridgehead atoms. The Kier molecular flexibility index (Phi) is 5.21. The maximum atomic E-state index is 11.6. The maximum Gasteiger partial charge on any atom is 0.349 e. The maximum absolute atomic E-state index is 11.6. The van der Waals surface area contributed by atoms with Crippen molar-refractivity contribution < 1.29 is 9.53 Å². The minimum absolute atomic E-state index is 0.140. The van der Waals surface area contributed by atoms with Crippen LogP contribution in [0.15, 0.2) is 23.8 Å². The molecule has 0 atom stereocenters. The number of rotatable bonds is 3. The van der Waals surface area contributed by atoms with Gasteiger partial charge in [0.15, 0.2) is 0 Å². The number of ether oxygens (including phenoxy) is 1. The van der Waals surface area contributed by atoms with E-state index in [2.05, 4.69) is 0 Å². The summed E-state index contributed by atoms with van der Waals surface area (Å²) in [6, 6.07) is 6.71. The van der Waals surface area contributed by atoms with Crippen molar-refractivity contribution in [2.24, 2.45) is 0 Å². The van der Waals surface area contributed by atoms with Gasteiger partial charge < -0.3 is 4.74 Å². The Morgan fingerprint density at radius 2 is 1.94 bits per heavy atom. The molecule has 3 nitrogen and oxygen atoms in total. The van der Waals surface area contributed by atoms with E-state index < -0.39 is 5.97 Å². The predicted molar refractivity (Wildman–Crippen MR) is 71.3 cm³/mol. The second-order valence-electron chi connectivity index (χ2n) is 3.76. The van der Waals surface area contributed by atoms with Crippen LogP contribution in [0.4, 0.5) is 0 Å². The van der Waals surface area contributed by atoms with E-state index in [-0.39, 0.29) is 11.7 Å². The van der Waals surface area contributed by atoms with E-state index in [9.17, 15) is 4.79 Å². The molecule has 0 radical (unpaired) electrons. The van der Waals surface area contributed by atoms with Gasteiger partial charge in [0.1, 0.15) is 11.6 Å². The average molecular weight is 284 g/mol. The lowest BCUT2D eigenvalue weighted by Gasteiger charge is -2.07. The van der Waals surface area contributed by atoms with Crippen molar-refractivity contribution >= 4 is 35.2 Å². The minimum Gasteiger partial charge on any atom is -0.459 e. The Hall–Kier alpha value is -1.50. The van der Waals surface area contributed by atoms with Crippen LogP contribution in [0.3, 0.4) is 0 Å². The van der Waals surface area contributed by atoms with Crippen molar-refractivity contribution in [3.8, 4) is 6.07 Å². The molecule has 1 aromatic carbocycles. The number of hydrogen-bond acceptors (Lipinski definition) is 3. The van der Waals surface area contributed by atoms with Crippen molar-refractivity contribution in [3.63, 3.8) is 0 Å². The fourth-order valence-electron chi connectivity index (χ4n) is 1.21. The Labute approximate surface area is 116 Å². The zero-order valence-corrected chi connectivity index (χ0v) is 11.4. The highest BCUT2D eigenvalue weighted by Gasteiger charge is 2.14. The number of nitrogens with zero attached hydrogens (tertiary/aromatic N) is 1. The smallest absolute Gasteiger partial charge is 0.349 e. The molecule has 0 aliphatic heterocycles. The van der Waals surface area contributed by atoms with Crippen LogP contribution < -0.4 is 0 Å². The minimum atomic E-state index is -0.691. The first-order valence-corrected chi connectivity index (χ1v) is 5.98. The number of hydrogen-bond donors (Lipinski definition) is 0. The van der Waals surface area contributed by atoms with E-state index in [0.29, 0.717) is 15.6 Å². The first-order chi connectivity index (χ1) is 8.45. The van der Waals surface area contributed by atoms with Gasteiger partial charge in [0.25, 0.3) is 0 Å². The van der Waals surface area contributed by atoms with E-state index >= 15 is 0 Å². The molecule has 0 saturated carbocycles. The summed E-state index contributed by atoms with van der Waals surface area (Å²) in [6.45, 7) is 3.41. The van der Waals surface area contributed by atoms with Crippen LogP contribution in [0.1, 0.15) is 19.4 Å². The molecule has 0 spiro atoms. The third-order valence-corrected chi connectivity index (χ3v) is 2.63. The van der Waals surface area contributed by atoms with E-state index in [4.69, 9.17) is 33.2 Å². The van der Waals surface area contributed by atoms with E-state index in [0.717, 1.165) is 0 Å². The molecule has 18 heavy (non-hydrogen) atoms. The normalized spacial score (nSPS) is 11.2. The van der Waals surface area contributed by atoms with Crippen LogP contribution in [0.25, 0.3) is 6.08 Å². The van der Waals surface area contributed by atoms with Crippen molar-refractivity contribution in [3.05, 3.63) is 39.4 Å². The number of esters is 1. The molecule has 0 amide bonds. The number of carbonyl (C=O) groups is 1. The molecular formula is C13H11Cl2NO2. The summed E-state index contributed by atoms with van der Waals surface area (Å²) < 4.78 is 4.94. The molecule has 0 aromatic heterocycles. The highest BCUT2D eigenvalue weighted by Crippen LogP contribution is 2.26. The fraction of sp³-hybridized carbons (Fsp3) is 0.231. The molecule has 0 saturated heterocycles. The Balaban J connectivity index is 3.13. The van der Waals surface area contributed by atoms with Gasteiger partial charge in [-0.2, -0.15) is 5.26 Å². The van der Waals surface area contributed by atoms with Gasteiger partial charge in [-0.3, -0.25) is 0 Å². The number of nitriles is 1. The van der Waals surface area contributed by atoms with Crippen molar-refractivity contribution in [2.45, 2.75) is 20.0 Å². The SMILES string of the molecule is CC(C)OC(=O)/C(C#N)=C/c1c(Cl)cccc1Cl. The lowest BCUT2D eigenvalue weighted by atomic mass is 10.1. The standard InChI is InChI=1S/C13H11Cl2NO2/c1-8(2)18-13(17)9(7-16)6-10-11(14)4-3-5-12(10)15/h3-6,8H,1-2H3/b9-6+. The van der Waals surface area contributed by atoms with Crippen molar-refractivity contribution in [1.82, 2.24) is 0 Å². The van der Waals surface area contributed by atoms with Gasteiger partial charge in [0, 0.05) is 15.6 Å². The second kappa shape index (κ2) is 6.44. The number of halogens is 2. The van der Waals surface area contributed by atoms with E-state index in [1.54, 1.807) is 38.1 Å². The largest absolute Gasteiger partial charge is 0.459 e. The molecule has 5 heteroatoms. The molecule has 0 unspecified atom stereocenters. The molecule has 1 aromatic rings. The van der Waals surface area contributed by atoms with Gasteiger partial charge in [-0.1, -0.05) is 29.3 Å². The molecule has 0 N–H and O–H groups in total. The molecule has 94 valence electrons. The lowest BCUT2D eigenvalue weighted by Crippen LogP contribution is -2.12. The lowest BCUT2D eigenvalue weighted by molar-refractivity contribution is -0.142. The Morgan fingerprint density at radius 1 is 1.39 bits per heavy atom. The number of benzene rings is 1. The van der Waals surface area contributed by atoms with Crippen LogP contribution in [0.5, 0.6) is 0 Å². The van der Waals surface area contributed by atoms with Gasteiger partial charge in [-0.05, 0) is 32.1 Å². The predicted octanol–water partition coefficient (Wildman–Crippen LogP) is 3.85. The molecule has 0 aliphatic carbocycles. The quantitative estimate of drug-likeness (QED) is 0.481. The summed E-state index contributed by atoms with van der Waals surface area (Å²) in [5.41, 5.74) is 0.289. The van der Waals surface area contributed by atoms with Crippen molar-refractivity contribution in [2.75, 3.05) is 0 Å². The van der Waals surface area contributed by atoms with E-state index in [1.807, 2.05) is 0 Å². The third-order valence-electron chi connectivity index (χ3n) is 1.97. The van der Waals surface area contributed by atoms with Crippen LogP contribution in [0, 0.1) is 11.3 Å². The topological polar surface area (TPSA) is 50.1 Å². The average Bonchev–Trinajstić information content (AvgIpc) is 2.27. The van der Waals surface area contributed by atoms with Gasteiger partial charge in [0.05, 0.1) is 6.10 Å². The zero-order valence-electron chi connectivity index (χ0n) is 9.91. The van der Waals surface area contributed by atoms with Crippen LogP contribution in [-0.2, 0) is 9.53 Å². The first-order valence-electron chi connectivity index (χ1n) is 5.22. The highest BCUT2D eigenvalue weighted by atomic mass is 35.5. The van der Waals surface area contributed by atoms with Crippen LogP contribution >= 0.6 is 23.2 Å². The van der Waals surface area contributed by atoms with E-state index in [1.165, 1.54) is 6.08 Å². The Morgan fingerprint density at radius 3 is 2.39 bits per heavy atom. The highest BCUT2D eigenvalue weighted by molar-refractivity contribution is 6.37. The summed E-state index contributed by atoms with van der Waals surface area (Å²) >= 11 is 11.9. The van der Waals surface area contributed by atoms with Gasteiger partial charge in [-0.25, -0.2) is 4.79 Å². The molecule has 1 rings (SSSR count). The fourth-order valence-corrected chi connectivity index (χ4v) is 1.71. The van der Waals surface area contributed by atoms with Crippen LogP contribution in [0.2, 0.25) is 10.0 Å². The summed E-state index contributed by atoms with van der Waals surface area (Å²) in [5.74, 6) is -0.691. The molecule has 0 fully saturated rings. The van der Waals surface area contributed by atoms with Crippen molar-refractivity contribution in [1.29, 1.82) is 5.26 Å². The van der Waals surface area contributed by atoms with Gasteiger partial charge >= 0.3 is 5.97 Å². The molecule has 0 aliphatic rings. The summed E-state index contributed by atoms with van der Waals surface area (Å²) in [5, 5.41) is 9.68. The van der Waals surface area contributed by atoms with Gasteiger partial charge in [0.2, 0.25) is 0 Å². The van der Waals surface area contributed by atoms with Crippen LogP contribution in [-0.4, -0.2) is 12.1 Å². The monoisotopic (exact) mass is 283 g/mol. The second-order valence-corrected chi connectivity index (χ2v) is 4.57. The first kappa shape index (κ1) is 14.6.